The number of amides is 7. The van der Waals surface area contributed by atoms with E-state index in [-0.39, 0.29) is 5.92 Å². The van der Waals surface area contributed by atoms with E-state index in [1.807, 2.05) is 6.92 Å². The minimum absolute atomic E-state index is 0.0159. The van der Waals surface area contributed by atoms with Gasteiger partial charge in [-0.25, -0.2) is 9.59 Å². The Hall–Kier alpha value is -2.65. The van der Waals surface area contributed by atoms with Gasteiger partial charge in [0.25, 0.3) is 17.7 Å². The van der Waals surface area contributed by atoms with Crippen molar-refractivity contribution < 1.29 is 24.0 Å². The van der Waals surface area contributed by atoms with Crippen LogP contribution in [0.1, 0.15) is 64.7 Å². The Morgan fingerprint density at radius 1 is 0.966 bits per heavy atom. The first kappa shape index (κ1) is 19.7. The van der Waals surface area contributed by atoms with Crippen LogP contribution in [-0.4, -0.2) is 57.3 Å². The summed E-state index contributed by atoms with van der Waals surface area (Å²) in [6.07, 6.45) is 6.95. The second-order valence-electron chi connectivity index (χ2n) is 8.69. The first-order valence-corrected chi connectivity index (χ1v) is 10.4. The number of hydrogen-bond donors (Lipinski definition) is 3. The Morgan fingerprint density at radius 3 is 2.34 bits per heavy atom. The van der Waals surface area contributed by atoms with Crippen LogP contribution in [-0.2, 0) is 14.4 Å². The summed E-state index contributed by atoms with van der Waals surface area (Å²) in [4.78, 5) is 63.7. The molecule has 0 aromatic heterocycles. The van der Waals surface area contributed by atoms with Crippen LogP contribution in [0.4, 0.5) is 9.59 Å². The highest BCUT2D eigenvalue weighted by Crippen LogP contribution is 2.38. The number of hydrogen-bond acceptors (Lipinski definition) is 5. The average Bonchev–Trinajstić information content (AvgIpc) is 3.05. The molecular weight excluding hydrogens is 378 g/mol. The van der Waals surface area contributed by atoms with Crippen molar-refractivity contribution in [3.8, 4) is 0 Å². The number of hydrazine groups is 1. The van der Waals surface area contributed by atoms with E-state index in [0.717, 1.165) is 43.4 Å². The van der Waals surface area contributed by atoms with Crippen LogP contribution in [0.25, 0.3) is 0 Å². The van der Waals surface area contributed by atoms with E-state index >= 15 is 0 Å². The largest absolute Gasteiger partial charge is 0.344 e. The van der Waals surface area contributed by atoms with Gasteiger partial charge in [0.1, 0.15) is 17.6 Å². The number of nitrogens with zero attached hydrogens (tertiary/aromatic N) is 2. The highest BCUT2D eigenvalue weighted by Gasteiger charge is 2.56. The van der Waals surface area contributed by atoms with Crippen molar-refractivity contribution in [2.75, 3.05) is 6.54 Å². The smallest absolute Gasteiger partial charge is 0.323 e. The van der Waals surface area contributed by atoms with Crippen LogP contribution in [0.2, 0.25) is 0 Å². The molecular formula is C19H27N5O5. The molecule has 4 aliphatic rings. The van der Waals surface area contributed by atoms with E-state index in [4.69, 9.17) is 0 Å². The molecule has 2 saturated carbocycles. The highest BCUT2D eigenvalue weighted by atomic mass is 16.2. The molecule has 2 spiro atoms. The number of carbonyl (C=O) groups excluding carboxylic acids is 5. The second kappa shape index (κ2) is 7.00. The fourth-order valence-electron chi connectivity index (χ4n) is 5.16. The quantitative estimate of drug-likeness (QED) is 0.598. The van der Waals surface area contributed by atoms with Gasteiger partial charge in [0, 0.05) is 0 Å². The number of urea groups is 2. The molecule has 0 aromatic carbocycles. The summed E-state index contributed by atoms with van der Waals surface area (Å²) in [5, 5.41) is 6.17. The molecule has 158 valence electrons. The highest BCUT2D eigenvalue weighted by molar-refractivity contribution is 6.10. The van der Waals surface area contributed by atoms with Crippen molar-refractivity contribution in [1.29, 1.82) is 0 Å². The van der Waals surface area contributed by atoms with Gasteiger partial charge in [-0.2, -0.15) is 5.01 Å². The van der Waals surface area contributed by atoms with Gasteiger partial charge in [-0.1, -0.05) is 39.0 Å². The zero-order valence-electron chi connectivity index (χ0n) is 16.6. The summed E-state index contributed by atoms with van der Waals surface area (Å²) in [5.74, 6) is -1.67. The molecule has 2 saturated heterocycles. The van der Waals surface area contributed by atoms with Crippen molar-refractivity contribution in [3.05, 3.63) is 0 Å². The fraction of sp³-hybridized carbons (Fsp3) is 0.737. The third-order valence-electron chi connectivity index (χ3n) is 6.91. The van der Waals surface area contributed by atoms with E-state index in [2.05, 4.69) is 16.1 Å². The molecule has 2 aliphatic heterocycles. The van der Waals surface area contributed by atoms with E-state index in [1.165, 1.54) is 0 Å². The Kier molecular flexibility index (Phi) is 4.74. The zero-order valence-corrected chi connectivity index (χ0v) is 16.6. The molecule has 4 rings (SSSR count). The van der Waals surface area contributed by atoms with Gasteiger partial charge in [-0.3, -0.25) is 24.7 Å². The van der Waals surface area contributed by atoms with E-state index in [9.17, 15) is 24.0 Å². The number of rotatable bonds is 3. The minimum atomic E-state index is -0.956. The van der Waals surface area contributed by atoms with Crippen LogP contribution in [0, 0.1) is 5.92 Å². The van der Waals surface area contributed by atoms with Crippen LogP contribution in [0.3, 0.4) is 0 Å². The first-order valence-electron chi connectivity index (χ1n) is 10.4. The molecule has 29 heavy (non-hydrogen) atoms. The number of imide groups is 2. The van der Waals surface area contributed by atoms with Gasteiger partial charge < -0.3 is 10.6 Å². The molecule has 0 aromatic rings. The van der Waals surface area contributed by atoms with Gasteiger partial charge >= 0.3 is 12.1 Å². The lowest BCUT2D eigenvalue weighted by Gasteiger charge is -2.36. The summed E-state index contributed by atoms with van der Waals surface area (Å²) < 4.78 is 0. The summed E-state index contributed by atoms with van der Waals surface area (Å²) in [6.45, 7) is 1.39. The molecule has 2 atom stereocenters. The number of nitrogens with one attached hydrogen (secondary N) is 3. The molecule has 7 amide bonds. The van der Waals surface area contributed by atoms with E-state index in [1.54, 1.807) is 0 Å². The van der Waals surface area contributed by atoms with Crippen molar-refractivity contribution in [2.45, 2.75) is 75.8 Å². The monoisotopic (exact) mass is 405 g/mol. The maximum Gasteiger partial charge on any atom is 0.344 e. The van der Waals surface area contributed by atoms with Gasteiger partial charge in [0.15, 0.2) is 0 Å². The second-order valence-corrected chi connectivity index (χ2v) is 8.69. The normalized spacial score (nSPS) is 31.4. The molecule has 4 fully saturated rings. The maximum atomic E-state index is 12.9. The molecule has 2 heterocycles. The molecule has 3 N–H and O–H groups in total. The third kappa shape index (κ3) is 3.05. The van der Waals surface area contributed by atoms with Crippen LogP contribution in [0.5, 0.6) is 0 Å². The lowest BCUT2D eigenvalue weighted by molar-refractivity contribution is -0.142. The average molecular weight is 405 g/mol. The molecule has 2 unspecified atom stereocenters. The van der Waals surface area contributed by atoms with E-state index in [0.29, 0.717) is 24.3 Å². The van der Waals surface area contributed by atoms with Gasteiger partial charge in [-0.05, 0) is 31.6 Å². The summed E-state index contributed by atoms with van der Waals surface area (Å²) in [7, 11) is 0. The predicted octanol–water partition coefficient (Wildman–Crippen LogP) is 0.773. The number of carbonyl (C=O) groups is 5. The van der Waals surface area contributed by atoms with Gasteiger partial charge in [0.05, 0.1) is 0 Å². The van der Waals surface area contributed by atoms with Gasteiger partial charge in [-0.15, -0.1) is 0 Å². The Morgan fingerprint density at radius 2 is 1.66 bits per heavy atom. The summed E-state index contributed by atoms with van der Waals surface area (Å²) >= 11 is 0. The zero-order chi connectivity index (χ0) is 20.8. The molecule has 0 bridgehead atoms. The first-order chi connectivity index (χ1) is 13.8. The Balaban J connectivity index is 1.42. The van der Waals surface area contributed by atoms with Crippen LogP contribution in [0.15, 0.2) is 0 Å². The topological polar surface area (TPSA) is 128 Å². The molecule has 10 nitrogen and oxygen atoms in total. The Bertz CT molecular complexity index is 777. The lowest BCUT2D eigenvalue weighted by atomic mass is 9.73. The maximum absolute atomic E-state index is 12.9. The SMILES string of the molecule is CC1CCCCC12NC(=O)N(CC(=O)NN1C(=O)NC3(CCCCC3)C1=O)C2=O. The molecule has 0 radical (unpaired) electrons. The van der Waals surface area contributed by atoms with Crippen molar-refractivity contribution in [2.24, 2.45) is 5.92 Å². The minimum Gasteiger partial charge on any atom is -0.323 e. The van der Waals surface area contributed by atoms with Crippen LogP contribution >= 0.6 is 0 Å². The lowest BCUT2D eigenvalue weighted by Crippen LogP contribution is -2.55. The van der Waals surface area contributed by atoms with Crippen molar-refractivity contribution in [1.82, 2.24) is 26.0 Å². The van der Waals surface area contributed by atoms with Crippen molar-refractivity contribution in [3.63, 3.8) is 0 Å². The summed E-state index contributed by atoms with van der Waals surface area (Å²) in [5.41, 5.74) is 0.370. The standard InChI is InChI=1S/C19H27N5O5/c1-12-7-3-6-10-19(12)15(27)23(16(28)21-19)11-13(25)22-24-14(26)18(20-17(24)29)8-4-2-5-9-18/h12H,2-11H2,1H3,(H,20,29)(H,21,28)(H,22,25). The fourth-order valence-corrected chi connectivity index (χ4v) is 5.16. The van der Waals surface area contributed by atoms with E-state index < -0.39 is 47.4 Å². The summed E-state index contributed by atoms with van der Waals surface area (Å²) in [6, 6.07) is -1.29. The third-order valence-corrected chi connectivity index (χ3v) is 6.91. The van der Waals surface area contributed by atoms with Crippen LogP contribution < -0.4 is 16.1 Å². The predicted molar refractivity (Wildman–Crippen MR) is 99.9 cm³/mol. The molecule has 10 heteroatoms. The van der Waals surface area contributed by atoms with Crippen molar-refractivity contribution >= 4 is 29.8 Å². The Labute approximate surface area is 168 Å². The van der Waals surface area contributed by atoms with Gasteiger partial charge in [0.2, 0.25) is 0 Å². The molecule has 2 aliphatic carbocycles.